The van der Waals surface area contributed by atoms with E-state index in [4.69, 9.17) is 5.10 Å². The summed E-state index contributed by atoms with van der Waals surface area (Å²) in [5.74, 6) is 0.913. The Kier molecular flexibility index (Phi) is 3.93. The third-order valence-electron chi connectivity index (χ3n) is 4.86. The zero-order chi connectivity index (χ0) is 16.5. The number of nitro benzene ring substituents is 1. The lowest BCUT2D eigenvalue weighted by Gasteiger charge is -2.25. The molecule has 0 aliphatic carbocycles. The van der Waals surface area contributed by atoms with Crippen molar-refractivity contribution in [3.05, 3.63) is 45.6 Å². The lowest BCUT2D eigenvalue weighted by atomic mass is 10.1. The molecule has 7 nitrogen and oxygen atoms in total. The molecule has 0 saturated carbocycles. The number of nitrogens with zero attached hydrogens (tertiary/aromatic N) is 4. The van der Waals surface area contributed by atoms with Gasteiger partial charge in [0.1, 0.15) is 11.5 Å². The summed E-state index contributed by atoms with van der Waals surface area (Å²) in [5.41, 5.74) is 2.87. The van der Waals surface area contributed by atoms with Crippen molar-refractivity contribution in [3.8, 4) is 5.69 Å². The molecule has 2 aliphatic rings. The minimum atomic E-state index is -0.345. The molecule has 0 amide bonds. The zero-order valence-electron chi connectivity index (χ0n) is 13.6. The molecule has 24 heavy (non-hydrogen) atoms. The van der Waals surface area contributed by atoms with Gasteiger partial charge in [-0.25, -0.2) is 4.68 Å². The van der Waals surface area contributed by atoms with Crippen LogP contribution in [-0.2, 0) is 13.0 Å². The molecule has 1 aromatic heterocycles. The molecule has 0 unspecified atom stereocenters. The van der Waals surface area contributed by atoms with Gasteiger partial charge in [0.2, 0.25) is 0 Å². The highest BCUT2D eigenvalue weighted by atomic mass is 16.6. The van der Waals surface area contributed by atoms with Crippen LogP contribution in [0, 0.1) is 10.1 Å². The van der Waals surface area contributed by atoms with E-state index >= 15 is 0 Å². The van der Waals surface area contributed by atoms with E-state index in [1.807, 2.05) is 6.07 Å². The van der Waals surface area contributed by atoms with Gasteiger partial charge in [-0.3, -0.25) is 15.0 Å². The SMILES string of the molecule is O=[N+]([O-])c1ccccc1-n1nc(CN2CCCCC2)c2c1NCC2. The fourth-order valence-electron chi connectivity index (χ4n) is 3.67. The maximum atomic E-state index is 11.4. The molecule has 1 N–H and O–H groups in total. The maximum absolute atomic E-state index is 11.4. The van der Waals surface area contributed by atoms with Crippen molar-refractivity contribution in [1.82, 2.24) is 14.7 Å². The predicted molar refractivity (Wildman–Crippen MR) is 91.5 cm³/mol. The van der Waals surface area contributed by atoms with Crippen molar-refractivity contribution in [2.75, 3.05) is 25.0 Å². The summed E-state index contributed by atoms with van der Waals surface area (Å²) < 4.78 is 1.72. The molecule has 1 fully saturated rings. The number of rotatable bonds is 4. The van der Waals surface area contributed by atoms with Gasteiger partial charge in [0, 0.05) is 24.7 Å². The molecule has 126 valence electrons. The van der Waals surface area contributed by atoms with Crippen molar-refractivity contribution in [1.29, 1.82) is 0 Å². The number of aromatic nitrogens is 2. The Labute approximate surface area is 140 Å². The maximum Gasteiger partial charge on any atom is 0.294 e. The Hall–Kier alpha value is -2.41. The fraction of sp³-hybridized carbons (Fsp3) is 0.471. The summed E-state index contributed by atoms with van der Waals surface area (Å²) >= 11 is 0. The van der Waals surface area contributed by atoms with Crippen LogP contribution >= 0.6 is 0 Å². The molecule has 1 aromatic carbocycles. The number of para-hydroxylation sites is 2. The highest BCUT2D eigenvalue weighted by Gasteiger charge is 2.27. The van der Waals surface area contributed by atoms with E-state index in [1.54, 1.807) is 16.8 Å². The van der Waals surface area contributed by atoms with Crippen LogP contribution in [0.4, 0.5) is 11.5 Å². The summed E-state index contributed by atoms with van der Waals surface area (Å²) in [6.07, 6.45) is 4.72. The van der Waals surface area contributed by atoms with Crippen LogP contribution in [0.5, 0.6) is 0 Å². The van der Waals surface area contributed by atoms with Crippen molar-refractivity contribution < 1.29 is 4.92 Å². The number of hydrogen-bond acceptors (Lipinski definition) is 5. The summed E-state index contributed by atoms with van der Waals surface area (Å²) in [7, 11) is 0. The average molecular weight is 327 g/mol. The van der Waals surface area contributed by atoms with Crippen LogP contribution in [0.15, 0.2) is 24.3 Å². The van der Waals surface area contributed by atoms with Crippen LogP contribution in [0.1, 0.15) is 30.5 Å². The topological polar surface area (TPSA) is 76.2 Å². The van der Waals surface area contributed by atoms with Crippen LogP contribution < -0.4 is 5.32 Å². The first-order chi connectivity index (χ1) is 11.7. The summed E-state index contributed by atoms with van der Waals surface area (Å²) in [6.45, 7) is 3.92. The number of benzene rings is 1. The van der Waals surface area contributed by atoms with Crippen LogP contribution in [0.2, 0.25) is 0 Å². The third kappa shape index (κ3) is 2.65. The monoisotopic (exact) mass is 327 g/mol. The summed E-state index contributed by atoms with van der Waals surface area (Å²) in [6, 6.07) is 6.79. The second-order valence-corrected chi connectivity index (χ2v) is 6.45. The average Bonchev–Trinajstić information content (AvgIpc) is 3.20. The summed E-state index contributed by atoms with van der Waals surface area (Å²) in [5, 5.41) is 19.5. The first-order valence-corrected chi connectivity index (χ1v) is 8.55. The Balaban J connectivity index is 1.72. The standard InChI is InChI=1S/C17H21N5O2/c23-22(24)16-7-3-2-6-15(16)21-17-13(8-9-18-17)14(19-21)12-20-10-4-1-5-11-20/h2-3,6-7,18H,1,4-5,8-12H2. The van der Waals surface area contributed by atoms with E-state index in [-0.39, 0.29) is 10.6 Å². The molecule has 2 aromatic rings. The van der Waals surface area contributed by atoms with Gasteiger partial charge in [0.05, 0.1) is 10.6 Å². The molecule has 0 bridgehead atoms. The van der Waals surface area contributed by atoms with Crippen molar-refractivity contribution in [3.63, 3.8) is 0 Å². The Morgan fingerprint density at radius 2 is 2.00 bits per heavy atom. The smallest absolute Gasteiger partial charge is 0.294 e. The van der Waals surface area contributed by atoms with Crippen LogP contribution in [-0.4, -0.2) is 39.2 Å². The fourth-order valence-corrected chi connectivity index (χ4v) is 3.67. The number of fused-ring (bicyclic) bond motifs is 1. The van der Waals surface area contributed by atoms with Gasteiger partial charge in [-0.1, -0.05) is 18.6 Å². The van der Waals surface area contributed by atoms with Gasteiger partial charge in [0.15, 0.2) is 0 Å². The van der Waals surface area contributed by atoms with Crippen molar-refractivity contribution in [2.45, 2.75) is 32.2 Å². The number of nitrogens with one attached hydrogen (secondary N) is 1. The van der Waals surface area contributed by atoms with Gasteiger partial charge in [-0.15, -0.1) is 0 Å². The highest BCUT2D eigenvalue weighted by molar-refractivity contribution is 5.61. The van der Waals surface area contributed by atoms with Gasteiger partial charge in [0.25, 0.3) is 5.69 Å². The predicted octanol–water partition coefficient (Wildman–Crippen LogP) is 2.73. The minimum Gasteiger partial charge on any atom is -0.369 e. The van der Waals surface area contributed by atoms with E-state index in [0.717, 1.165) is 44.1 Å². The first-order valence-electron chi connectivity index (χ1n) is 8.55. The van der Waals surface area contributed by atoms with Crippen molar-refractivity contribution in [2.24, 2.45) is 0 Å². The van der Waals surface area contributed by atoms with Gasteiger partial charge >= 0.3 is 0 Å². The normalized spacial score (nSPS) is 17.5. The van der Waals surface area contributed by atoms with Crippen molar-refractivity contribution >= 4 is 11.5 Å². The Morgan fingerprint density at radius 3 is 2.79 bits per heavy atom. The number of nitro groups is 1. The molecule has 0 atom stereocenters. The van der Waals surface area contributed by atoms with Gasteiger partial charge in [-0.05, 0) is 38.4 Å². The number of hydrogen-bond donors (Lipinski definition) is 1. The van der Waals surface area contributed by atoms with Gasteiger partial charge in [-0.2, -0.15) is 5.10 Å². The zero-order valence-corrected chi connectivity index (χ0v) is 13.6. The van der Waals surface area contributed by atoms with E-state index in [1.165, 1.54) is 30.9 Å². The first kappa shape index (κ1) is 15.1. The second kappa shape index (κ2) is 6.24. The van der Waals surface area contributed by atoms with E-state index in [2.05, 4.69) is 10.2 Å². The number of likely N-dealkylation sites (tertiary alicyclic amines) is 1. The molecule has 4 rings (SSSR count). The molecule has 7 heteroatoms. The summed E-state index contributed by atoms with van der Waals surface area (Å²) in [4.78, 5) is 13.4. The molecule has 1 saturated heterocycles. The Morgan fingerprint density at radius 1 is 1.21 bits per heavy atom. The molecule has 3 heterocycles. The largest absolute Gasteiger partial charge is 0.369 e. The molecular formula is C17H21N5O2. The lowest BCUT2D eigenvalue weighted by Crippen LogP contribution is -2.29. The van der Waals surface area contributed by atoms with E-state index in [0.29, 0.717) is 5.69 Å². The van der Waals surface area contributed by atoms with Crippen LogP contribution in [0.3, 0.4) is 0 Å². The Bertz CT molecular complexity index is 764. The third-order valence-corrected chi connectivity index (χ3v) is 4.86. The quantitative estimate of drug-likeness (QED) is 0.690. The molecule has 2 aliphatic heterocycles. The van der Waals surface area contributed by atoms with E-state index < -0.39 is 0 Å². The molecular weight excluding hydrogens is 306 g/mol. The second-order valence-electron chi connectivity index (χ2n) is 6.45. The van der Waals surface area contributed by atoms with Crippen LogP contribution in [0.25, 0.3) is 5.69 Å². The van der Waals surface area contributed by atoms with Gasteiger partial charge < -0.3 is 5.32 Å². The van der Waals surface area contributed by atoms with E-state index in [9.17, 15) is 10.1 Å². The highest BCUT2D eigenvalue weighted by Crippen LogP contribution is 2.32. The molecule has 0 radical (unpaired) electrons. The number of piperidine rings is 1. The molecule has 0 spiro atoms. The number of anilines is 1. The minimum absolute atomic E-state index is 0.0843. The lowest BCUT2D eigenvalue weighted by molar-refractivity contribution is -0.384.